The molecule has 0 saturated heterocycles. The maximum Gasteiger partial charge on any atom is 0.423 e. The second-order valence-corrected chi connectivity index (χ2v) is 3.08. The summed E-state index contributed by atoms with van der Waals surface area (Å²) < 4.78 is 47.0. The molecule has 0 fully saturated rings. The number of rotatable bonds is 2. The third-order valence-electron chi connectivity index (χ3n) is 1.84. The zero-order chi connectivity index (χ0) is 13.2. The van der Waals surface area contributed by atoms with Crippen LogP contribution in [0.1, 0.15) is 12.5 Å². The first-order valence-corrected chi connectivity index (χ1v) is 4.43. The van der Waals surface area contributed by atoms with E-state index < -0.39 is 35.0 Å². The fraction of sp³-hybridized carbons (Fsp3) is 0.300. The number of benzene rings is 1. The van der Waals surface area contributed by atoms with E-state index >= 15 is 0 Å². The van der Waals surface area contributed by atoms with Crippen LogP contribution >= 0.6 is 0 Å². The first-order valence-electron chi connectivity index (χ1n) is 4.43. The van der Waals surface area contributed by atoms with Crippen molar-refractivity contribution in [2.75, 3.05) is 7.11 Å². The molecular weight excluding hydrogens is 241 g/mol. The predicted octanol–water partition coefficient (Wildman–Crippen LogP) is 2.34. The molecule has 0 saturated carbocycles. The number of esters is 1. The van der Waals surface area contributed by atoms with Crippen LogP contribution in [-0.2, 0) is 11.0 Å². The van der Waals surface area contributed by atoms with Gasteiger partial charge in [-0.3, -0.25) is 4.79 Å². The summed E-state index contributed by atoms with van der Waals surface area (Å²) in [6.45, 7) is 1.04. The lowest BCUT2D eigenvalue weighted by Gasteiger charge is -2.16. The third kappa shape index (κ3) is 2.80. The maximum atomic E-state index is 12.6. The Hall–Kier alpha value is -1.92. The Balaban J connectivity index is 3.42. The number of phenols is 1. The monoisotopic (exact) mass is 250 g/mol. The second kappa shape index (κ2) is 4.52. The Labute approximate surface area is 94.6 Å². The Bertz CT molecular complexity index is 440. The van der Waals surface area contributed by atoms with Gasteiger partial charge in [-0.15, -0.1) is 0 Å². The average molecular weight is 250 g/mol. The molecule has 0 aliphatic heterocycles. The second-order valence-electron chi connectivity index (χ2n) is 3.08. The number of methoxy groups -OCH3 is 1. The van der Waals surface area contributed by atoms with Gasteiger partial charge >= 0.3 is 12.1 Å². The van der Waals surface area contributed by atoms with Crippen molar-refractivity contribution in [3.05, 3.63) is 17.7 Å². The summed E-state index contributed by atoms with van der Waals surface area (Å²) in [5.41, 5.74) is -1.38. The van der Waals surface area contributed by atoms with Crippen molar-refractivity contribution in [1.29, 1.82) is 0 Å². The smallest absolute Gasteiger partial charge is 0.423 e. The number of hydrogen-bond acceptors (Lipinski definition) is 4. The van der Waals surface area contributed by atoms with E-state index in [0.717, 1.165) is 26.2 Å². The molecule has 0 amide bonds. The fourth-order valence-electron chi connectivity index (χ4n) is 1.26. The van der Waals surface area contributed by atoms with Crippen LogP contribution in [0.4, 0.5) is 13.2 Å². The molecule has 1 aromatic rings. The van der Waals surface area contributed by atoms with Crippen LogP contribution in [0.5, 0.6) is 17.2 Å². The Morgan fingerprint density at radius 3 is 2.35 bits per heavy atom. The van der Waals surface area contributed by atoms with Crippen LogP contribution in [0.2, 0.25) is 0 Å². The molecule has 1 rings (SSSR count). The Morgan fingerprint density at radius 1 is 1.35 bits per heavy atom. The number of alkyl halides is 3. The highest BCUT2D eigenvalue weighted by molar-refractivity contribution is 5.71. The highest BCUT2D eigenvalue weighted by atomic mass is 19.4. The average Bonchev–Trinajstić information content (AvgIpc) is 2.17. The van der Waals surface area contributed by atoms with Crippen LogP contribution in [0.3, 0.4) is 0 Å². The van der Waals surface area contributed by atoms with Gasteiger partial charge < -0.3 is 14.6 Å². The standard InChI is InChI=1S/C10H9F3O4/c1-5(14)17-7-4-3-6(15)8(9(7)16-2)10(11,12)13/h3-4,15H,1-2H3. The van der Waals surface area contributed by atoms with Crippen molar-refractivity contribution in [2.45, 2.75) is 13.1 Å². The first-order chi connectivity index (χ1) is 7.77. The van der Waals surface area contributed by atoms with E-state index in [-0.39, 0.29) is 0 Å². The molecule has 94 valence electrons. The van der Waals surface area contributed by atoms with Gasteiger partial charge in [-0.1, -0.05) is 0 Å². The van der Waals surface area contributed by atoms with E-state index in [0.29, 0.717) is 0 Å². The van der Waals surface area contributed by atoms with Crippen LogP contribution < -0.4 is 9.47 Å². The van der Waals surface area contributed by atoms with Gasteiger partial charge in [-0.05, 0) is 12.1 Å². The summed E-state index contributed by atoms with van der Waals surface area (Å²) in [5.74, 6) is -2.91. The first kappa shape index (κ1) is 13.1. The van der Waals surface area contributed by atoms with Crippen LogP contribution in [-0.4, -0.2) is 18.2 Å². The van der Waals surface area contributed by atoms with Crippen molar-refractivity contribution in [3.8, 4) is 17.2 Å². The minimum absolute atomic E-state index is 0.398. The molecule has 7 heteroatoms. The number of hydrogen-bond donors (Lipinski definition) is 1. The van der Waals surface area contributed by atoms with Crippen molar-refractivity contribution < 1.29 is 32.5 Å². The predicted molar refractivity (Wildman–Crippen MR) is 51.0 cm³/mol. The molecule has 4 nitrogen and oxygen atoms in total. The van der Waals surface area contributed by atoms with E-state index in [2.05, 4.69) is 9.47 Å². The zero-order valence-electron chi connectivity index (χ0n) is 8.96. The summed E-state index contributed by atoms with van der Waals surface area (Å²) in [6.07, 6.45) is -4.81. The van der Waals surface area contributed by atoms with Gasteiger partial charge in [0, 0.05) is 6.92 Å². The van der Waals surface area contributed by atoms with E-state index in [1.165, 1.54) is 0 Å². The molecule has 0 heterocycles. The molecule has 1 aromatic carbocycles. The number of aromatic hydroxyl groups is 1. The van der Waals surface area contributed by atoms with E-state index in [1.54, 1.807) is 0 Å². The lowest BCUT2D eigenvalue weighted by atomic mass is 10.1. The van der Waals surface area contributed by atoms with Gasteiger partial charge in [0.1, 0.15) is 11.3 Å². The number of ether oxygens (including phenoxy) is 2. The van der Waals surface area contributed by atoms with Crippen LogP contribution in [0.15, 0.2) is 12.1 Å². The molecule has 0 bridgehead atoms. The molecule has 0 aromatic heterocycles. The third-order valence-corrected chi connectivity index (χ3v) is 1.84. The summed E-state index contributed by atoms with van der Waals surface area (Å²) in [4.78, 5) is 10.7. The molecule has 0 unspecified atom stereocenters. The Morgan fingerprint density at radius 2 is 1.94 bits per heavy atom. The molecule has 0 radical (unpaired) electrons. The minimum atomic E-state index is -4.81. The SMILES string of the molecule is COc1c(OC(C)=O)ccc(O)c1C(F)(F)F. The molecule has 0 aliphatic carbocycles. The molecule has 0 aliphatic rings. The lowest BCUT2D eigenvalue weighted by molar-refractivity contribution is -0.141. The van der Waals surface area contributed by atoms with Gasteiger partial charge in [0.25, 0.3) is 0 Å². The van der Waals surface area contributed by atoms with Gasteiger partial charge in [0.05, 0.1) is 7.11 Å². The number of phenolic OH excluding ortho intramolecular Hbond substituents is 1. The van der Waals surface area contributed by atoms with Gasteiger partial charge in [0.2, 0.25) is 0 Å². The number of carbonyl (C=O) groups excluding carboxylic acids is 1. The zero-order valence-corrected chi connectivity index (χ0v) is 8.96. The Kier molecular flexibility index (Phi) is 3.50. The molecule has 0 spiro atoms. The van der Waals surface area contributed by atoms with Gasteiger partial charge in [0.15, 0.2) is 11.5 Å². The number of halogens is 3. The van der Waals surface area contributed by atoms with Gasteiger partial charge in [-0.2, -0.15) is 13.2 Å². The quantitative estimate of drug-likeness (QED) is 0.646. The largest absolute Gasteiger partial charge is 0.507 e. The van der Waals surface area contributed by atoms with Crippen molar-refractivity contribution >= 4 is 5.97 Å². The van der Waals surface area contributed by atoms with E-state index in [4.69, 9.17) is 0 Å². The van der Waals surface area contributed by atoms with Crippen LogP contribution in [0, 0.1) is 0 Å². The van der Waals surface area contributed by atoms with Crippen molar-refractivity contribution in [1.82, 2.24) is 0 Å². The van der Waals surface area contributed by atoms with Crippen molar-refractivity contribution in [2.24, 2.45) is 0 Å². The van der Waals surface area contributed by atoms with Gasteiger partial charge in [-0.25, -0.2) is 0 Å². The topological polar surface area (TPSA) is 55.8 Å². The maximum absolute atomic E-state index is 12.6. The molecular formula is C10H9F3O4. The highest BCUT2D eigenvalue weighted by Crippen LogP contribution is 2.46. The normalized spacial score (nSPS) is 11.1. The summed E-state index contributed by atoms with van der Waals surface area (Å²) in [5, 5.41) is 9.18. The lowest BCUT2D eigenvalue weighted by Crippen LogP contribution is -2.10. The molecule has 17 heavy (non-hydrogen) atoms. The summed E-state index contributed by atoms with van der Waals surface area (Å²) in [6, 6.07) is 1.80. The highest BCUT2D eigenvalue weighted by Gasteiger charge is 2.39. The van der Waals surface area contributed by atoms with E-state index in [9.17, 15) is 23.1 Å². The molecule has 0 atom stereocenters. The number of carbonyl (C=O) groups is 1. The van der Waals surface area contributed by atoms with Crippen molar-refractivity contribution in [3.63, 3.8) is 0 Å². The summed E-state index contributed by atoms with van der Waals surface area (Å²) >= 11 is 0. The van der Waals surface area contributed by atoms with Crippen LogP contribution in [0.25, 0.3) is 0 Å². The fourth-order valence-corrected chi connectivity index (χ4v) is 1.26. The molecule has 1 N–H and O–H groups in total. The van der Waals surface area contributed by atoms with E-state index in [1.807, 2.05) is 0 Å². The summed E-state index contributed by atoms with van der Waals surface area (Å²) in [7, 11) is 0.983. The minimum Gasteiger partial charge on any atom is -0.507 e.